The van der Waals surface area contributed by atoms with Crippen LogP contribution in [0.25, 0.3) is 0 Å². The first kappa shape index (κ1) is 13.1. The van der Waals surface area contributed by atoms with Gasteiger partial charge in [-0.2, -0.15) is 0 Å². The SMILES string of the molecule is CCCc1nnc(Cl)n1Cc1ccc(CC)cc1. The van der Waals surface area contributed by atoms with E-state index in [1.54, 1.807) is 0 Å². The number of aromatic nitrogens is 3. The topological polar surface area (TPSA) is 30.7 Å². The Kier molecular flexibility index (Phi) is 4.37. The molecule has 0 aliphatic rings. The van der Waals surface area contributed by atoms with E-state index in [4.69, 9.17) is 11.6 Å². The molecule has 0 fully saturated rings. The van der Waals surface area contributed by atoms with Crippen LogP contribution in [0.4, 0.5) is 0 Å². The third kappa shape index (κ3) is 2.91. The molecule has 0 spiro atoms. The maximum Gasteiger partial charge on any atom is 0.225 e. The number of nitrogens with zero attached hydrogens (tertiary/aromatic N) is 3. The molecule has 4 heteroatoms. The Balaban J connectivity index is 2.19. The Hall–Kier alpha value is -1.35. The summed E-state index contributed by atoms with van der Waals surface area (Å²) >= 11 is 6.08. The molecule has 0 N–H and O–H groups in total. The van der Waals surface area contributed by atoms with Crippen molar-refractivity contribution < 1.29 is 0 Å². The van der Waals surface area contributed by atoms with Crippen molar-refractivity contribution in [3.8, 4) is 0 Å². The second kappa shape index (κ2) is 6.01. The lowest BCUT2D eigenvalue weighted by atomic mass is 10.1. The highest BCUT2D eigenvalue weighted by atomic mass is 35.5. The van der Waals surface area contributed by atoms with Gasteiger partial charge >= 0.3 is 0 Å². The lowest BCUT2D eigenvalue weighted by Gasteiger charge is -2.08. The van der Waals surface area contributed by atoms with Gasteiger partial charge in [0.15, 0.2) is 0 Å². The van der Waals surface area contributed by atoms with E-state index in [2.05, 4.69) is 48.3 Å². The van der Waals surface area contributed by atoms with Gasteiger partial charge in [0.1, 0.15) is 5.82 Å². The molecule has 0 aliphatic heterocycles. The van der Waals surface area contributed by atoms with Crippen molar-refractivity contribution in [2.24, 2.45) is 0 Å². The van der Waals surface area contributed by atoms with Gasteiger partial charge in [-0.15, -0.1) is 10.2 Å². The summed E-state index contributed by atoms with van der Waals surface area (Å²) in [6, 6.07) is 8.61. The third-order valence-electron chi connectivity index (χ3n) is 3.03. The molecule has 0 aliphatic carbocycles. The molecule has 1 heterocycles. The van der Waals surface area contributed by atoms with E-state index in [1.165, 1.54) is 11.1 Å². The molecule has 0 atom stereocenters. The zero-order valence-electron chi connectivity index (χ0n) is 10.9. The van der Waals surface area contributed by atoms with E-state index in [-0.39, 0.29) is 0 Å². The van der Waals surface area contributed by atoms with Crippen molar-refractivity contribution in [3.05, 3.63) is 46.5 Å². The molecule has 0 saturated heterocycles. The van der Waals surface area contributed by atoms with E-state index in [0.717, 1.165) is 31.6 Å². The Morgan fingerprint density at radius 3 is 2.33 bits per heavy atom. The molecule has 0 unspecified atom stereocenters. The fourth-order valence-electron chi connectivity index (χ4n) is 1.94. The van der Waals surface area contributed by atoms with E-state index in [1.807, 2.05) is 4.57 Å². The molecule has 1 aromatic heterocycles. The number of hydrogen-bond acceptors (Lipinski definition) is 2. The van der Waals surface area contributed by atoms with Gasteiger partial charge in [-0.05, 0) is 35.6 Å². The highest BCUT2D eigenvalue weighted by Gasteiger charge is 2.09. The molecule has 96 valence electrons. The molecule has 0 amide bonds. The number of halogens is 1. The highest BCUT2D eigenvalue weighted by Crippen LogP contribution is 2.14. The van der Waals surface area contributed by atoms with Gasteiger partial charge in [0.2, 0.25) is 5.28 Å². The minimum Gasteiger partial charge on any atom is -0.297 e. The summed E-state index contributed by atoms with van der Waals surface area (Å²) in [6.45, 7) is 5.03. The summed E-state index contributed by atoms with van der Waals surface area (Å²) < 4.78 is 1.98. The average molecular weight is 264 g/mol. The van der Waals surface area contributed by atoms with Crippen LogP contribution in [0.15, 0.2) is 24.3 Å². The minimum absolute atomic E-state index is 0.470. The molecule has 2 rings (SSSR count). The standard InChI is InChI=1S/C14H18ClN3/c1-3-5-13-16-17-14(15)18(13)10-12-8-6-11(4-2)7-9-12/h6-9H,3-5,10H2,1-2H3. The molecular weight excluding hydrogens is 246 g/mol. The van der Waals surface area contributed by atoms with Crippen LogP contribution in [0.2, 0.25) is 5.28 Å². The zero-order valence-corrected chi connectivity index (χ0v) is 11.6. The fraction of sp³-hybridized carbons (Fsp3) is 0.429. The van der Waals surface area contributed by atoms with E-state index in [0.29, 0.717) is 5.28 Å². The molecule has 0 saturated carbocycles. The van der Waals surface area contributed by atoms with Crippen LogP contribution >= 0.6 is 11.6 Å². The van der Waals surface area contributed by atoms with Crippen molar-refractivity contribution in [1.29, 1.82) is 0 Å². The van der Waals surface area contributed by atoms with Crippen LogP contribution < -0.4 is 0 Å². The van der Waals surface area contributed by atoms with Crippen molar-refractivity contribution >= 4 is 11.6 Å². The third-order valence-corrected chi connectivity index (χ3v) is 3.31. The van der Waals surface area contributed by atoms with Crippen LogP contribution in [-0.4, -0.2) is 14.8 Å². The Morgan fingerprint density at radius 1 is 1.06 bits per heavy atom. The van der Waals surface area contributed by atoms with E-state index >= 15 is 0 Å². The van der Waals surface area contributed by atoms with Gasteiger partial charge < -0.3 is 0 Å². The zero-order chi connectivity index (χ0) is 13.0. The van der Waals surface area contributed by atoms with Gasteiger partial charge in [0, 0.05) is 6.42 Å². The quantitative estimate of drug-likeness (QED) is 0.827. The summed E-state index contributed by atoms with van der Waals surface area (Å²) in [6.07, 6.45) is 3.02. The van der Waals surface area contributed by atoms with Crippen LogP contribution in [-0.2, 0) is 19.4 Å². The first-order valence-electron chi connectivity index (χ1n) is 6.40. The number of benzene rings is 1. The normalized spacial score (nSPS) is 10.8. The maximum absolute atomic E-state index is 6.08. The number of rotatable bonds is 5. The van der Waals surface area contributed by atoms with Crippen LogP contribution in [0.1, 0.15) is 37.2 Å². The largest absolute Gasteiger partial charge is 0.297 e. The summed E-state index contributed by atoms with van der Waals surface area (Å²) in [4.78, 5) is 0. The molecule has 18 heavy (non-hydrogen) atoms. The molecule has 3 nitrogen and oxygen atoms in total. The number of hydrogen-bond donors (Lipinski definition) is 0. The predicted octanol–water partition coefficient (Wildman–Crippen LogP) is 3.49. The number of aryl methyl sites for hydroxylation is 2. The predicted molar refractivity (Wildman–Crippen MR) is 73.9 cm³/mol. The Bertz CT molecular complexity index is 502. The van der Waals surface area contributed by atoms with Crippen molar-refractivity contribution in [3.63, 3.8) is 0 Å². The molecule has 1 aromatic carbocycles. The molecular formula is C14H18ClN3. The van der Waals surface area contributed by atoms with Gasteiger partial charge in [0.05, 0.1) is 6.54 Å². The second-order valence-electron chi connectivity index (χ2n) is 4.39. The summed E-state index contributed by atoms with van der Waals surface area (Å²) in [5.41, 5.74) is 2.58. The smallest absolute Gasteiger partial charge is 0.225 e. The van der Waals surface area contributed by atoms with Gasteiger partial charge in [-0.3, -0.25) is 4.57 Å². The Labute approximate surface area is 113 Å². The van der Waals surface area contributed by atoms with Gasteiger partial charge in [0.25, 0.3) is 0 Å². The van der Waals surface area contributed by atoms with Crippen molar-refractivity contribution in [2.45, 2.75) is 39.7 Å². The molecule has 0 bridgehead atoms. The molecule has 0 radical (unpaired) electrons. The van der Waals surface area contributed by atoms with Crippen LogP contribution in [0, 0.1) is 0 Å². The van der Waals surface area contributed by atoms with Crippen LogP contribution in [0.3, 0.4) is 0 Å². The average Bonchev–Trinajstić information content (AvgIpc) is 2.73. The summed E-state index contributed by atoms with van der Waals surface area (Å²) in [5.74, 6) is 0.960. The van der Waals surface area contributed by atoms with E-state index in [9.17, 15) is 0 Å². The Morgan fingerprint density at radius 2 is 1.72 bits per heavy atom. The van der Waals surface area contributed by atoms with Crippen LogP contribution in [0.5, 0.6) is 0 Å². The van der Waals surface area contributed by atoms with Gasteiger partial charge in [-0.25, -0.2) is 0 Å². The lowest BCUT2D eigenvalue weighted by Crippen LogP contribution is -2.05. The lowest BCUT2D eigenvalue weighted by molar-refractivity contribution is 0.705. The van der Waals surface area contributed by atoms with E-state index < -0.39 is 0 Å². The monoisotopic (exact) mass is 263 g/mol. The summed E-state index contributed by atoms with van der Waals surface area (Å²) in [5, 5.41) is 8.53. The molecule has 2 aromatic rings. The fourth-order valence-corrected chi connectivity index (χ4v) is 2.14. The maximum atomic E-state index is 6.08. The second-order valence-corrected chi connectivity index (χ2v) is 4.73. The van der Waals surface area contributed by atoms with Crippen molar-refractivity contribution in [1.82, 2.24) is 14.8 Å². The van der Waals surface area contributed by atoms with Gasteiger partial charge in [-0.1, -0.05) is 38.1 Å². The summed E-state index contributed by atoms with van der Waals surface area (Å²) in [7, 11) is 0. The minimum atomic E-state index is 0.470. The highest BCUT2D eigenvalue weighted by molar-refractivity contribution is 6.28. The first-order chi connectivity index (χ1) is 8.74. The van der Waals surface area contributed by atoms with Crippen molar-refractivity contribution in [2.75, 3.05) is 0 Å². The first-order valence-corrected chi connectivity index (χ1v) is 6.77.